The molecule has 0 aliphatic heterocycles. The lowest BCUT2D eigenvalue weighted by atomic mass is 10.2. The van der Waals surface area contributed by atoms with Crippen molar-refractivity contribution in [2.24, 2.45) is 0 Å². The topological polar surface area (TPSA) is 70.7 Å². The monoisotopic (exact) mass is 409 g/mol. The molecule has 0 aromatic heterocycles. The third kappa shape index (κ3) is 6.49. The Morgan fingerprint density at radius 2 is 1.72 bits per heavy atom. The first-order chi connectivity index (χ1) is 13.6. The van der Waals surface area contributed by atoms with Gasteiger partial charge in [0.05, 0.1) is 25.3 Å². The Bertz CT molecular complexity index is 854. The van der Waals surface area contributed by atoms with E-state index in [0.717, 1.165) is 12.1 Å². The van der Waals surface area contributed by atoms with Crippen LogP contribution >= 0.6 is 0 Å². The van der Waals surface area contributed by atoms with E-state index in [0.29, 0.717) is 11.4 Å². The van der Waals surface area contributed by atoms with Crippen LogP contribution < -0.4 is 15.4 Å². The van der Waals surface area contributed by atoms with Crippen LogP contribution in [-0.4, -0.2) is 43.5 Å². The Balaban J connectivity index is 1.90. The number of alkyl halides is 3. The molecule has 0 fully saturated rings. The number of hydrogen-bond acceptors (Lipinski definition) is 4. The molecule has 0 aliphatic rings. The maximum Gasteiger partial charge on any atom is 0.416 e. The predicted octanol–water partition coefficient (Wildman–Crippen LogP) is 3.61. The molecule has 0 saturated heterocycles. The van der Waals surface area contributed by atoms with Crippen molar-refractivity contribution in [2.45, 2.75) is 19.1 Å². The van der Waals surface area contributed by atoms with Gasteiger partial charge in [0.2, 0.25) is 11.8 Å². The van der Waals surface area contributed by atoms with Gasteiger partial charge in [0.1, 0.15) is 5.75 Å². The van der Waals surface area contributed by atoms with E-state index in [9.17, 15) is 22.8 Å². The minimum atomic E-state index is -4.44. The van der Waals surface area contributed by atoms with Crippen LogP contribution in [0.5, 0.6) is 5.75 Å². The van der Waals surface area contributed by atoms with Gasteiger partial charge in [-0.25, -0.2) is 0 Å². The lowest BCUT2D eigenvalue weighted by Gasteiger charge is -2.23. The number of ether oxygens (including phenoxy) is 1. The van der Waals surface area contributed by atoms with Gasteiger partial charge in [-0.1, -0.05) is 6.07 Å². The highest BCUT2D eigenvalue weighted by molar-refractivity contribution is 5.96. The summed E-state index contributed by atoms with van der Waals surface area (Å²) in [5.41, 5.74) is 0.00331. The van der Waals surface area contributed by atoms with Gasteiger partial charge in [-0.2, -0.15) is 13.2 Å². The number of carbonyl (C=O) groups excluding carboxylic acids is 2. The van der Waals surface area contributed by atoms with E-state index in [2.05, 4.69) is 10.6 Å². The van der Waals surface area contributed by atoms with Crippen LogP contribution in [0.1, 0.15) is 12.5 Å². The number of likely N-dealkylation sites (N-methyl/N-ethyl adjacent to an activating group) is 1. The zero-order valence-corrected chi connectivity index (χ0v) is 16.2. The molecule has 6 nitrogen and oxygen atoms in total. The molecule has 0 saturated carbocycles. The zero-order chi connectivity index (χ0) is 21.6. The smallest absolute Gasteiger partial charge is 0.416 e. The standard InChI is InChI=1S/C20H22F3N3O3/c1-13(19(28)25-15-9-7-14(8-10-15)20(21,22)23)26(2)12-18(27)24-16-5-4-6-17(11-16)29-3/h4-11,13H,12H2,1-3H3,(H,24,27)(H,25,28)/t13-/m0/s1. The van der Waals surface area contributed by atoms with Gasteiger partial charge in [0, 0.05) is 17.4 Å². The average molecular weight is 409 g/mol. The molecule has 2 aromatic carbocycles. The summed E-state index contributed by atoms with van der Waals surface area (Å²) < 4.78 is 42.9. The fourth-order valence-corrected chi connectivity index (χ4v) is 2.45. The summed E-state index contributed by atoms with van der Waals surface area (Å²) in [4.78, 5) is 26.1. The molecule has 2 N–H and O–H groups in total. The third-order valence-electron chi connectivity index (χ3n) is 4.27. The second-order valence-electron chi connectivity index (χ2n) is 6.44. The SMILES string of the molecule is COc1cccc(NC(=O)CN(C)[C@@H](C)C(=O)Nc2ccc(C(F)(F)F)cc2)c1. The predicted molar refractivity (Wildman–Crippen MR) is 104 cm³/mol. The number of carbonyl (C=O) groups is 2. The van der Waals surface area contributed by atoms with Crippen molar-refractivity contribution in [1.29, 1.82) is 0 Å². The van der Waals surface area contributed by atoms with Gasteiger partial charge in [-0.05, 0) is 50.4 Å². The molecular weight excluding hydrogens is 387 g/mol. The summed E-state index contributed by atoms with van der Waals surface area (Å²) in [5, 5.41) is 5.26. The molecular formula is C20H22F3N3O3. The quantitative estimate of drug-likeness (QED) is 0.733. The van der Waals surface area contributed by atoms with E-state index in [4.69, 9.17) is 4.74 Å². The lowest BCUT2D eigenvalue weighted by molar-refractivity contribution is -0.137. The fraction of sp³-hybridized carbons (Fsp3) is 0.300. The molecule has 29 heavy (non-hydrogen) atoms. The van der Waals surface area contributed by atoms with Gasteiger partial charge >= 0.3 is 6.18 Å². The molecule has 0 spiro atoms. The van der Waals surface area contributed by atoms with E-state index < -0.39 is 23.7 Å². The number of nitrogens with one attached hydrogen (secondary N) is 2. The molecule has 0 unspecified atom stereocenters. The van der Waals surface area contributed by atoms with Gasteiger partial charge in [0.25, 0.3) is 0 Å². The number of hydrogen-bond donors (Lipinski definition) is 2. The summed E-state index contributed by atoms with van der Waals surface area (Å²) in [5.74, 6) is -0.170. The highest BCUT2D eigenvalue weighted by atomic mass is 19.4. The van der Waals surface area contributed by atoms with Crippen LogP contribution in [-0.2, 0) is 15.8 Å². The van der Waals surface area contributed by atoms with Crippen molar-refractivity contribution in [2.75, 3.05) is 31.3 Å². The van der Waals surface area contributed by atoms with Gasteiger partial charge in [-0.3, -0.25) is 14.5 Å². The number of nitrogens with zero attached hydrogens (tertiary/aromatic N) is 1. The van der Waals surface area contributed by atoms with E-state index in [1.54, 1.807) is 38.2 Å². The maximum atomic E-state index is 12.6. The largest absolute Gasteiger partial charge is 0.497 e. The summed E-state index contributed by atoms with van der Waals surface area (Å²) in [6.45, 7) is 1.54. The number of halogens is 3. The van der Waals surface area contributed by atoms with Crippen molar-refractivity contribution in [3.05, 3.63) is 54.1 Å². The first-order valence-electron chi connectivity index (χ1n) is 8.72. The first-order valence-corrected chi connectivity index (χ1v) is 8.72. The second kappa shape index (κ2) is 9.42. The Labute approximate surface area is 166 Å². The van der Waals surface area contributed by atoms with Gasteiger partial charge in [-0.15, -0.1) is 0 Å². The number of methoxy groups -OCH3 is 1. The summed E-state index contributed by atoms with van der Waals surface area (Å²) in [6, 6.07) is 10.3. The summed E-state index contributed by atoms with van der Waals surface area (Å²) in [7, 11) is 3.12. The van der Waals surface area contributed by atoms with Crippen LogP contribution in [0.25, 0.3) is 0 Å². The Morgan fingerprint density at radius 1 is 1.07 bits per heavy atom. The van der Waals surface area contributed by atoms with Crippen LogP contribution in [0.2, 0.25) is 0 Å². The Hall–Kier alpha value is -3.07. The van der Waals surface area contributed by atoms with Crippen LogP contribution in [0.15, 0.2) is 48.5 Å². The minimum absolute atomic E-state index is 0.0567. The molecule has 1 atom stereocenters. The minimum Gasteiger partial charge on any atom is -0.497 e. The summed E-state index contributed by atoms with van der Waals surface area (Å²) >= 11 is 0. The van der Waals surface area contributed by atoms with Gasteiger partial charge in [0.15, 0.2) is 0 Å². The van der Waals surface area contributed by atoms with Gasteiger partial charge < -0.3 is 15.4 Å². The van der Waals surface area contributed by atoms with Crippen molar-refractivity contribution in [3.8, 4) is 5.75 Å². The Kier molecular flexibility index (Phi) is 7.22. The maximum absolute atomic E-state index is 12.6. The lowest BCUT2D eigenvalue weighted by Crippen LogP contribution is -2.43. The van der Waals surface area contributed by atoms with Crippen molar-refractivity contribution in [1.82, 2.24) is 4.90 Å². The van der Waals surface area contributed by atoms with Crippen LogP contribution in [0.4, 0.5) is 24.5 Å². The fourth-order valence-electron chi connectivity index (χ4n) is 2.45. The highest BCUT2D eigenvalue weighted by Gasteiger charge is 2.30. The number of anilines is 2. The molecule has 0 radical (unpaired) electrons. The molecule has 2 rings (SSSR count). The highest BCUT2D eigenvalue weighted by Crippen LogP contribution is 2.29. The Morgan fingerprint density at radius 3 is 2.31 bits per heavy atom. The van der Waals surface area contributed by atoms with E-state index in [1.165, 1.54) is 24.1 Å². The number of rotatable bonds is 7. The van der Waals surface area contributed by atoms with Crippen LogP contribution in [0, 0.1) is 0 Å². The normalized spacial score (nSPS) is 12.4. The number of benzene rings is 2. The van der Waals surface area contributed by atoms with E-state index >= 15 is 0 Å². The molecule has 9 heteroatoms. The molecule has 0 bridgehead atoms. The summed E-state index contributed by atoms with van der Waals surface area (Å²) in [6.07, 6.45) is -4.44. The van der Waals surface area contributed by atoms with E-state index in [-0.39, 0.29) is 18.1 Å². The third-order valence-corrected chi connectivity index (χ3v) is 4.27. The molecule has 2 aromatic rings. The molecule has 0 heterocycles. The first kappa shape index (κ1) is 22.2. The van der Waals surface area contributed by atoms with Crippen LogP contribution in [0.3, 0.4) is 0 Å². The number of amides is 2. The van der Waals surface area contributed by atoms with Crippen molar-refractivity contribution < 1.29 is 27.5 Å². The van der Waals surface area contributed by atoms with Crippen molar-refractivity contribution >= 4 is 23.2 Å². The molecule has 0 aliphatic carbocycles. The second-order valence-corrected chi connectivity index (χ2v) is 6.44. The zero-order valence-electron chi connectivity index (χ0n) is 16.2. The average Bonchev–Trinajstić information content (AvgIpc) is 2.67. The van der Waals surface area contributed by atoms with E-state index in [1.807, 2.05) is 0 Å². The van der Waals surface area contributed by atoms with Crippen molar-refractivity contribution in [3.63, 3.8) is 0 Å². The molecule has 2 amide bonds. The molecule has 156 valence electrons.